The van der Waals surface area contributed by atoms with Gasteiger partial charge in [0.15, 0.2) is 9.84 Å². The molecular weight excluding hydrogens is 268 g/mol. The standard InChI is InChI=1S/C12H22N2O4S/c13-12(11(15)16)4-1-3-10(9-12)14-5-2-7-19(17,18)8-6-14/h10H,1-9,13H2,(H,15,16). The van der Waals surface area contributed by atoms with Gasteiger partial charge in [-0.3, -0.25) is 9.69 Å². The molecule has 0 aromatic rings. The highest BCUT2D eigenvalue weighted by Crippen LogP contribution is 2.30. The summed E-state index contributed by atoms with van der Waals surface area (Å²) in [6.45, 7) is 1.22. The maximum absolute atomic E-state index is 11.6. The lowest BCUT2D eigenvalue weighted by Gasteiger charge is -2.40. The summed E-state index contributed by atoms with van der Waals surface area (Å²) in [5, 5.41) is 9.21. The van der Waals surface area contributed by atoms with Gasteiger partial charge in [-0.2, -0.15) is 0 Å². The lowest BCUT2D eigenvalue weighted by Crippen LogP contribution is -2.56. The molecule has 1 saturated carbocycles. The van der Waals surface area contributed by atoms with E-state index in [2.05, 4.69) is 4.90 Å². The summed E-state index contributed by atoms with van der Waals surface area (Å²) >= 11 is 0. The molecule has 1 heterocycles. The summed E-state index contributed by atoms with van der Waals surface area (Å²) in [5.74, 6) is -0.531. The first-order valence-electron chi connectivity index (χ1n) is 6.79. The number of nitrogens with zero attached hydrogens (tertiary/aromatic N) is 1. The van der Waals surface area contributed by atoms with Crippen molar-refractivity contribution in [2.24, 2.45) is 5.73 Å². The summed E-state index contributed by atoms with van der Waals surface area (Å²) in [4.78, 5) is 13.4. The van der Waals surface area contributed by atoms with Crippen molar-refractivity contribution in [1.82, 2.24) is 4.90 Å². The molecule has 3 N–H and O–H groups in total. The van der Waals surface area contributed by atoms with Crippen LogP contribution in [0.25, 0.3) is 0 Å². The molecule has 7 heteroatoms. The summed E-state index contributed by atoms with van der Waals surface area (Å²) in [6, 6.07) is 0.100. The van der Waals surface area contributed by atoms with Gasteiger partial charge in [0.2, 0.25) is 0 Å². The number of sulfone groups is 1. The quantitative estimate of drug-likeness (QED) is 0.732. The molecule has 0 spiro atoms. The minimum Gasteiger partial charge on any atom is -0.480 e. The van der Waals surface area contributed by atoms with Crippen LogP contribution in [0, 0.1) is 0 Å². The maximum atomic E-state index is 11.6. The predicted octanol–water partition coefficient (Wildman–Crippen LogP) is -0.168. The van der Waals surface area contributed by atoms with Gasteiger partial charge < -0.3 is 10.8 Å². The normalized spacial score (nSPS) is 36.6. The van der Waals surface area contributed by atoms with Gasteiger partial charge in [0.25, 0.3) is 0 Å². The monoisotopic (exact) mass is 290 g/mol. The Hall–Kier alpha value is -0.660. The fourth-order valence-corrected chi connectivity index (χ4v) is 4.39. The predicted molar refractivity (Wildman–Crippen MR) is 71.7 cm³/mol. The van der Waals surface area contributed by atoms with Crippen LogP contribution in [0.1, 0.15) is 32.1 Å². The van der Waals surface area contributed by atoms with E-state index in [0.29, 0.717) is 25.8 Å². The van der Waals surface area contributed by atoms with Crippen molar-refractivity contribution in [1.29, 1.82) is 0 Å². The van der Waals surface area contributed by atoms with Crippen LogP contribution in [-0.2, 0) is 14.6 Å². The van der Waals surface area contributed by atoms with E-state index in [1.54, 1.807) is 0 Å². The largest absolute Gasteiger partial charge is 0.480 e. The van der Waals surface area contributed by atoms with Crippen molar-refractivity contribution < 1.29 is 18.3 Å². The van der Waals surface area contributed by atoms with Crippen LogP contribution in [0.5, 0.6) is 0 Å². The number of hydrogen-bond donors (Lipinski definition) is 2. The Morgan fingerprint density at radius 2 is 2.00 bits per heavy atom. The Bertz CT molecular complexity index is 451. The van der Waals surface area contributed by atoms with E-state index in [9.17, 15) is 18.3 Å². The Kier molecular flexibility index (Phi) is 4.17. The lowest BCUT2D eigenvalue weighted by molar-refractivity contribution is -0.145. The number of rotatable bonds is 2. The summed E-state index contributed by atoms with van der Waals surface area (Å²) in [7, 11) is -2.93. The molecule has 2 unspecified atom stereocenters. The van der Waals surface area contributed by atoms with Gasteiger partial charge in [0.1, 0.15) is 5.54 Å². The molecule has 6 nitrogen and oxygen atoms in total. The number of carbonyl (C=O) groups is 1. The lowest BCUT2D eigenvalue weighted by atomic mass is 9.79. The van der Waals surface area contributed by atoms with Gasteiger partial charge in [-0.1, -0.05) is 0 Å². The molecule has 1 saturated heterocycles. The fraction of sp³-hybridized carbons (Fsp3) is 0.917. The second-order valence-electron chi connectivity index (χ2n) is 5.75. The van der Waals surface area contributed by atoms with E-state index in [0.717, 1.165) is 19.4 Å². The molecule has 110 valence electrons. The highest BCUT2D eigenvalue weighted by atomic mass is 32.2. The molecule has 1 aliphatic heterocycles. The number of carboxylic acids is 1. The second kappa shape index (κ2) is 5.38. The molecule has 0 bridgehead atoms. The molecule has 0 aromatic carbocycles. The molecule has 2 atom stereocenters. The minimum absolute atomic E-state index is 0.100. The molecule has 1 aliphatic carbocycles. The summed E-state index contributed by atoms with van der Waals surface area (Å²) < 4.78 is 23.2. The van der Waals surface area contributed by atoms with E-state index in [4.69, 9.17) is 5.73 Å². The maximum Gasteiger partial charge on any atom is 0.323 e. The van der Waals surface area contributed by atoms with Crippen LogP contribution < -0.4 is 5.73 Å². The number of carboxylic acid groups (broad SMARTS) is 1. The van der Waals surface area contributed by atoms with Crippen molar-refractivity contribution in [2.75, 3.05) is 24.6 Å². The third-order valence-electron chi connectivity index (χ3n) is 4.29. The summed E-state index contributed by atoms with van der Waals surface area (Å²) in [6.07, 6.45) is 3.25. The molecule has 2 aliphatic rings. The molecule has 0 amide bonds. The minimum atomic E-state index is -2.93. The molecule has 0 aromatic heterocycles. The number of nitrogens with two attached hydrogens (primary N) is 1. The zero-order chi connectivity index (χ0) is 14.1. The van der Waals surface area contributed by atoms with Crippen LogP contribution in [0.2, 0.25) is 0 Å². The Labute approximate surface area is 113 Å². The summed E-state index contributed by atoms with van der Waals surface area (Å²) in [5.41, 5.74) is 4.80. The zero-order valence-corrected chi connectivity index (χ0v) is 11.9. The number of aliphatic carboxylic acids is 1. The van der Waals surface area contributed by atoms with E-state index in [1.807, 2.05) is 0 Å². The average molecular weight is 290 g/mol. The Morgan fingerprint density at radius 3 is 2.68 bits per heavy atom. The Morgan fingerprint density at radius 1 is 1.26 bits per heavy atom. The average Bonchev–Trinajstić information content (AvgIpc) is 2.50. The zero-order valence-electron chi connectivity index (χ0n) is 11.0. The Balaban J connectivity index is 2.03. The first-order chi connectivity index (χ1) is 8.82. The third kappa shape index (κ3) is 3.46. The van der Waals surface area contributed by atoms with Crippen LogP contribution >= 0.6 is 0 Å². The number of hydrogen-bond acceptors (Lipinski definition) is 5. The van der Waals surface area contributed by atoms with Gasteiger partial charge >= 0.3 is 5.97 Å². The van der Waals surface area contributed by atoms with Crippen molar-refractivity contribution >= 4 is 15.8 Å². The van der Waals surface area contributed by atoms with Crippen molar-refractivity contribution in [3.8, 4) is 0 Å². The van der Waals surface area contributed by atoms with Gasteiger partial charge in [0.05, 0.1) is 11.5 Å². The van der Waals surface area contributed by atoms with Gasteiger partial charge in [0, 0.05) is 12.6 Å². The SMILES string of the molecule is NC1(C(=O)O)CCCC(N2CCCS(=O)(=O)CC2)C1. The van der Waals surface area contributed by atoms with Gasteiger partial charge in [-0.25, -0.2) is 8.42 Å². The third-order valence-corrected chi connectivity index (χ3v) is 6.01. The highest BCUT2D eigenvalue weighted by Gasteiger charge is 2.41. The molecular formula is C12H22N2O4S. The van der Waals surface area contributed by atoms with Crippen LogP contribution in [0.3, 0.4) is 0 Å². The van der Waals surface area contributed by atoms with Crippen molar-refractivity contribution in [3.05, 3.63) is 0 Å². The van der Waals surface area contributed by atoms with E-state index in [1.165, 1.54) is 0 Å². The van der Waals surface area contributed by atoms with Gasteiger partial charge in [-0.15, -0.1) is 0 Å². The van der Waals surface area contributed by atoms with Gasteiger partial charge in [-0.05, 0) is 38.6 Å². The first kappa shape index (κ1) is 14.7. The first-order valence-corrected chi connectivity index (χ1v) is 8.61. The van der Waals surface area contributed by atoms with Crippen molar-refractivity contribution in [3.63, 3.8) is 0 Å². The van der Waals surface area contributed by atoms with Crippen LogP contribution in [0.15, 0.2) is 0 Å². The molecule has 2 rings (SSSR count). The highest BCUT2D eigenvalue weighted by molar-refractivity contribution is 7.91. The van der Waals surface area contributed by atoms with Crippen LogP contribution in [0.4, 0.5) is 0 Å². The second-order valence-corrected chi connectivity index (χ2v) is 8.06. The van der Waals surface area contributed by atoms with E-state index >= 15 is 0 Å². The molecule has 2 fully saturated rings. The molecule has 0 radical (unpaired) electrons. The molecule has 19 heavy (non-hydrogen) atoms. The van der Waals surface area contributed by atoms with Crippen LogP contribution in [-0.4, -0.2) is 60.6 Å². The van der Waals surface area contributed by atoms with Crippen molar-refractivity contribution in [2.45, 2.75) is 43.7 Å². The fourth-order valence-electron chi connectivity index (χ4n) is 3.11. The van der Waals surface area contributed by atoms with E-state index < -0.39 is 21.3 Å². The smallest absolute Gasteiger partial charge is 0.323 e. The topological polar surface area (TPSA) is 101 Å². The van der Waals surface area contributed by atoms with E-state index in [-0.39, 0.29) is 17.5 Å².